The van der Waals surface area contributed by atoms with Crippen LogP contribution in [0.2, 0.25) is 0 Å². The van der Waals surface area contributed by atoms with E-state index in [9.17, 15) is 0 Å². The minimum absolute atomic E-state index is 0.613. The molecule has 0 aromatic heterocycles. The summed E-state index contributed by atoms with van der Waals surface area (Å²) < 4.78 is -0.613. The van der Waals surface area contributed by atoms with Crippen molar-refractivity contribution in [3.8, 4) is 0 Å². The summed E-state index contributed by atoms with van der Waals surface area (Å²) in [6.45, 7) is 3.66. The maximum Gasteiger partial charge on any atom is 0.361 e. The van der Waals surface area contributed by atoms with Crippen molar-refractivity contribution in [1.82, 2.24) is 0 Å². The molecule has 9 heavy (non-hydrogen) atoms. The number of hydrogen-bond acceptors (Lipinski definition) is 0. The van der Waals surface area contributed by atoms with Crippen molar-refractivity contribution in [2.75, 3.05) is 0 Å². The summed E-state index contributed by atoms with van der Waals surface area (Å²) in [5.74, 6) is 0. The molecule has 0 aliphatic carbocycles. The SMILES string of the molecule is CCC(C)(Cl)[Si](Cl)(Cl)Cl. The second-order valence-electron chi connectivity index (χ2n) is 2.05. The molecule has 56 valence electrons. The highest BCUT2D eigenvalue weighted by Gasteiger charge is 2.45. The molecule has 0 N–H and O–H groups in total. The molecule has 0 nitrogen and oxygen atoms in total. The molecule has 1 unspecified atom stereocenters. The van der Waals surface area contributed by atoms with Crippen molar-refractivity contribution in [3.05, 3.63) is 0 Å². The highest BCUT2D eigenvalue weighted by Crippen LogP contribution is 2.39. The van der Waals surface area contributed by atoms with E-state index in [-0.39, 0.29) is 0 Å². The molecule has 0 radical (unpaired) electrons. The van der Waals surface area contributed by atoms with Crippen molar-refractivity contribution in [2.24, 2.45) is 0 Å². The predicted octanol–water partition coefficient (Wildman–Crippen LogP) is 3.59. The lowest BCUT2D eigenvalue weighted by atomic mass is 10.4. The van der Waals surface area contributed by atoms with Gasteiger partial charge in [0.1, 0.15) is 0 Å². The Kier molecular flexibility index (Phi) is 3.67. The number of halogens is 4. The van der Waals surface area contributed by atoms with Crippen LogP contribution in [0.25, 0.3) is 0 Å². The molecule has 0 saturated carbocycles. The molecule has 0 heterocycles. The second-order valence-corrected chi connectivity index (χ2v) is 12.1. The van der Waals surface area contributed by atoms with Crippen molar-refractivity contribution >= 4 is 50.8 Å². The monoisotopic (exact) mass is 224 g/mol. The topological polar surface area (TPSA) is 0 Å². The molecule has 0 bridgehead atoms. The van der Waals surface area contributed by atoms with Crippen LogP contribution in [0.5, 0.6) is 0 Å². The Bertz CT molecular complexity index is 95.2. The Labute approximate surface area is 75.5 Å². The van der Waals surface area contributed by atoms with Gasteiger partial charge in [-0.2, -0.15) is 0 Å². The molecular formula is C4H8Cl4Si. The summed E-state index contributed by atoms with van der Waals surface area (Å²) in [5.41, 5.74) is 0. The minimum Gasteiger partial charge on any atom is -0.124 e. The van der Waals surface area contributed by atoms with Crippen molar-refractivity contribution in [3.63, 3.8) is 0 Å². The molecule has 0 aromatic rings. The Balaban J connectivity index is 4.14. The molecule has 0 saturated heterocycles. The average Bonchev–Trinajstić information content (AvgIpc) is 1.64. The Morgan fingerprint density at radius 3 is 1.67 bits per heavy atom. The van der Waals surface area contributed by atoms with Gasteiger partial charge in [0, 0.05) is 0 Å². The van der Waals surface area contributed by atoms with Crippen LogP contribution in [-0.4, -0.2) is 10.5 Å². The fourth-order valence-electron chi connectivity index (χ4n) is 0.200. The van der Waals surface area contributed by atoms with E-state index in [1.807, 2.05) is 6.92 Å². The van der Waals surface area contributed by atoms with E-state index in [1.54, 1.807) is 6.92 Å². The molecule has 0 aliphatic rings. The summed E-state index contributed by atoms with van der Waals surface area (Å²) in [4.78, 5) is 0. The fraction of sp³-hybridized carbons (Fsp3) is 1.00. The van der Waals surface area contributed by atoms with Gasteiger partial charge >= 0.3 is 6.00 Å². The molecule has 1 atom stereocenters. The summed E-state index contributed by atoms with van der Waals surface area (Å²) in [6.07, 6.45) is 0.692. The van der Waals surface area contributed by atoms with E-state index >= 15 is 0 Å². The van der Waals surface area contributed by atoms with Crippen LogP contribution in [0.4, 0.5) is 0 Å². The van der Waals surface area contributed by atoms with Crippen LogP contribution in [-0.2, 0) is 0 Å². The van der Waals surface area contributed by atoms with E-state index in [2.05, 4.69) is 0 Å². The van der Waals surface area contributed by atoms with Gasteiger partial charge in [0.05, 0.1) is 4.50 Å². The Hall–Kier alpha value is 1.38. The largest absolute Gasteiger partial charge is 0.361 e. The van der Waals surface area contributed by atoms with Crippen LogP contribution in [0, 0.1) is 0 Å². The van der Waals surface area contributed by atoms with E-state index in [4.69, 9.17) is 44.8 Å². The summed E-state index contributed by atoms with van der Waals surface area (Å²) in [5, 5.41) is 0. The molecule has 0 spiro atoms. The van der Waals surface area contributed by atoms with Gasteiger partial charge in [0.15, 0.2) is 0 Å². The summed E-state index contributed by atoms with van der Waals surface area (Å²) in [7, 11) is 0. The van der Waals surface area contributed by atoms with E-state index in [1.165, 1.54) is 0 Å². The molecule has 0 amide bonds. The molecule has 0 rings (SSSR count). The maximum absolute atomic E-state index is 5.86. The standard InChI is InChI=1S/C4H8Cl4Si/c1-3-4(2,5)9(6,7)8/h3H2,1-2H3. The summed E-state index contributed by atoms with van der Waals surface area (Å²) >= 11 is 22.9. The van der Waals surface area contributed by atoms with Gasteiger partial charge < -0.3 is 0 Å². The van der Waals surface area contributed by atoms with Crippen LogP contribution < -0.4 is 0 Å². The Morgan fingerprint density at radius 1 is 1.33 bits per heavy atom. The van der Waals surface area contributed by atoms with E-state index in [0.717, 1.165) is 0 Å². The van der Waals surface area contributed by atoms with Gasteiger partial charge in [-0.3, -0.25) is 0 Å². The zero-order valence-corrected chi connectivity index (χ0v) is 9.24. The van der Waals surface area contributed by atoms with Crippen molar-refractivity contribution in [2.45, 2.75) is 24.8 Å². The molecule has 0 aromatic carbocycles. The van der Waals surface area contributed by atoms with Gasteiger partial charge in [-0.1, -0.05) is 6.92 Å². The fourth-order valence-corrected chi connectivity index (χ4v) is 1.80. The lowest BCUT2D eigenvalue weighted by Crippen LogP contribution is -2.38. The van der Waals surface area contributed by atoms with Gasteiger partial charge in [0.2, 0.25) is 0 Å². The van der Waals surface area contributed by atoms with Gasteiger partial charge in [-0.25, -0.2) is 0 Å². The third kappa shape index (κ3) is 2.85. The highest BCUT2D eigenvalue weighted by molar-refractivity contribution is 7.66. The number of alkyl halides is 1. The zero-order valence-electron chi connectivity index (χ0n) is 5.22. The number of rotatable bonds is 2. The first-order valence-electron chi connectivity index (χ1n) is 2.57. The predicted molar refractivity (Wildman–Crippen MR) is 47.9 cm³/mol. The minimum atomic E-state index is -2.70. The quantitative estimate of drug-likeness (QED) is 0.383. The lowest BCUT2D eigenvalue weighted by molar-refractivity contribution is 0.809. The van der Waals surface area contributed by atoms with Crippen LogP contribution in [0.15, 0.2) is 0 Å². The smallest absolute Gasteiger partial charge is 0.124 e. The number of hydrogen-bond donors (Lipinski definition) is 0. The molecule has 5 heteroatoms. The lowest BCUT2D eigenvalue weighted by Gasteiger charge is -2.25. The van der Waals surface area contributed by atoms with Crippen LogP contribution in [0.1, 0.15) is 20.3 Å². The van der Waals surface area contributed by atoms with E-state index < -0.39 is 10.5 Å². The van der Waals surface area contributed by atoms with E-state index in [0.29, 0.717) is 6.42 Å². The second kappa shape index (κ2) is 3.18. The van der Waals surface area contributed by atoms with Gasteiger partial charge in [0.25, 0.3) is 0 Å². The third-order valence-electron chi connectivity index (χ3n) is 1.26. The first-order chi connectivity index (χ1) is 3.81. The van der Waals surface area contributed by atoms with Crippen LogP contribution in [0.3, 0.4) is 0 Å². The molecule has 0 aliphatic heterocycles. The van der Waals surface area contributed by atoms with Crippen LogP contribution >= 0.6 is 44.8 Å². The Morgan fingerprint density at radius 2 is 1.67 bits per heavy atom. The molecular weight excluding hydrogens is 218 g/mol. The highest BCUT2D eigenvalue weighted by atomic mass is 35.8. The average molecular weight is 226 g/mol. The first kappa shape index (κ1) is 10.4. The first-order valence-corrected chi connectivity index (χ1v) is 7.98. The zero-order chi connectivity index (χ0) is 7.71. The normalized spacial score (nSPS) is 19.3. The van der Waals surface area contributed by atoms with Gasteiger partial charge in [-0.05, 0) is 13.3 Å². The molecule has 0 fully saturated rings. The van der Waals surface area contributed by atoms with Crippen molar-refractivity contribution in [1.29, 1.82) is 0 Å². The van der Waals surface area contributed by atoms with Crippen molar-refractivity contribution < 1.29 is 0 Å². The maximum atomic E-state index is 5.86. The van der Waals surface area contributed by atoms with Gasteiger partial charge in [-0.15, -0.1) is 44.8 Å². The summed E-state index contributed by atoms with van der Waals surface area (Å²) in [6, 6.07) is -2.70. The third-order valence-corrected chi connectivity index (χ3v) is 8.53.